The van der Waals surface area contributed by atoms with Gasteiger partial charge in [-0.1, -0.05) is 12.8 Å². The minimum atomic E-state index is -0.277. The Bertz CT molecular complexity index is 815. The lowest BCUT2D eigenvalue weighted by molar-refractivity contribution is 0.0761. The van der Waals surface area contributed by atoms with Gasteiger partial charge >= 0.3 is 0 Å². The molecule has 2 amide bonds. The van der Waals surface area contributed by atoms with Crippen LogP contribution in [-0.2, 0) is 0 Å². The molecular formula is C22H27N3O4. The summed E-state index contributed by atoms with van der Waals surface area (Å²) in [7, 11) is 1.61. The average molecular weight is 397 g/mol. The van der Waals surface area contributed by atoms with Crippen LogP contribution in [0.5, 0.6) is 11.5 Å². The molecule has 1 aromatic heterocycles. The first-order valence-corrected chi connectivity index (χ1v) is 9.97. The lowest BCUT2D eigenvalue weighted by atomic mass is 10.1. The fraction of sp³-hybridized carbons (Fsp3) is 0.409. The van der Waals surface area contributed by atoms with Crippen LogP contribution in [0, 0.1) is 0 Å². The van der Waals surface area contributed by atoms with Crippen molar-refractivity contribution >= 4 is 11.8 Å². The smallest absolute Gasteiger partial charge is 0.255 e. The van der Waals surface area contributed by atoms with Gasteiger partial charge in [0.25, 0.3) is 11.8 Å². The Morgan fingerprint density at radius 2 is 1.66 bits per heavy atom. The molecule has 0 bridgehead atoms. The number of nitrogens with one attached hydrogen (secondary N) is 1. The Labute approximate surface area is 171 Å². The zero-order chi connectivity index (χ0) is 20.5. The highest BCUT2D eigenvalue weighted by Gasteiger charge is 2.19. The molecule has 0 saturated carbocycles. The molecule has 0 aliphatic carbocycles. The lowest BCUT2D eigenvalue weighted by Gasteiger charge is -2.20. The topological polar surface area (TPSA) is 80.8 Å². The third-order valence-electron chi connectivity index (χ3n) is 4.86. The normalized spacial score (nSPS) is 14.0. The van der Waals surface area contributed by atoms with E-state index in [1.807, 2.05) is 29.2 Å². The minimum Gasteiger partial charge on any atom is -0.497 e. The molecule has 1 saturated heterocycles. The second-order valence-corrected chi connectivity index (χ2v) is 6.95. The van der Waals surface area contributed by atoms with Crippen LogP contribution >= 0.6 is 0 Å². The fourth-order valence-corrected chi connectivity index (χ4v) is 3.24. The summed E-state index contributed by atoms with van der Waals surface area (Å²) in [6.45, 7) is 2.20. The summed E-state index contributed by atoms with van der Waals surface area (Å²) in [6, 6.07) is 8.85. The first-order valence-electron chi connectivity index (χ1n) is 9.97. The van der Waals surface area contributed by atoms with Gasteiger partial charge < -0.3 is 19.7 Å². The van der Waals surface area contributed by atoms with Gasteiger partial charge in [0.15, 0.2) is 0 Å². The van der Waals surface area contributed by atoms with Crippen LogP contribution in [-0.4, -0.2) is 55.0 Å². The van der Waals surface area contributed by atoms with Crippen LogP contribution in [0.4, 0.5) is 0 Å². The highest BCUT2D eigenvalue weighted by atomic mass is 16.5. The van der Waals surface area contributed by atoms with Crippen molar-refractivity contribution in [2.45, 2.75) is 25.7 Å². The number of nitrogens with zero attached hydrogens (tertiary/aromatic N) is 2. The van der Waals surface area contributed by atoms with E-state index in [-0.39, 0.29) is 11.8 Å². The molecule has 29 heavy (non-hydrogen) atoms. The number of ether oxygens (including phenoxy) is 2. The number of carbonyl (C=O) groups excluding carboxylic acids is 2. The van der Waals surface area contributed by atoms with Gasteiger partial charge in [0, 0.05) is 25.5 Å². The van der Waals surface area contributed by atoms with E-state index in [1.54, 1.807) is 13.2 Å². The third-order valence-corrected chi connectivity index (χ3v) is 4.86. The van der Waals surface area contributed by atoms with Gasteiger partial charge in [-0.3, -0.25) is 14.6 Å². The van der Waals surface area contributed by atoms with E-state index in [1.165, 1.54) is 12.4 Å². The predicted octanol–water partition coefficient (Wildman–Crippen LogP) is 2.92. The number of pyridine rings is 1. The molecule has 2 aromatic rings. The molecular weight excluding hydrogens is 370 g/mol. The van der Waals surface area contributed by atoms with Crippen molar-refractivity contribution in [2.24, 2.45) is 0 Å². The molecule has 7 nitrogen and oxygen atoms in total. The number of likely N-dealkylation sites (tertiary alicyclic amines) is 1. The van der Waals surface area contributed by atoms with E-state index in [0.717, 1.165) is 44.5 Å². The van der Waals surface area contributed by atoms with Crippen molar-refractivity contribution in [3.8, 4) is 11.5 Å². The summed E-state index contributed by atoms with van der Waals surface area (Å²) >= 11 is 0. The number of hydrogen-bond acceptors (Lipinski definition) is 5. The number of hydrogen-bond donors (Lipinski definition) is 1. The van der Waals surface area contributed by atoms with Crippen LogP contribution in [0.1, 0.15) is 46.4 Å². The predicted molar refractivity (Wildman–Crippen MR) is 109 cm³/mol. The Morgan fingerprint density at radius 3 is 2.34 bits per heavy atom. The molecule has 0 spiro atoms. The molecule has 154 valence electrons. The maximum atomic E-state index is 12.7. The molecule has 0 radical (unpaired) electrons. The van der Waals surface area contributed by atoms with Crippen LogP contribution in [0.15, 0.2) is 42.7 Å². The first-order chi connectivity index (χ1) is 14.2. The van der Waals surface area contributed by atoms with Crippen LogP contribution in [0.3, 0.4) is 0 Å². The second-order valence-electron chi connectivity index (χ2n) is 6.95. The van der Waals surface area contributed by atoms with Gasteiger partial charge in [-0.25, -0.2) is 0 Å². The van der Waals surface area contributed by atoms with Gasteiger partial charge in [0.05, 0.1) is 24.8 Å². The van der Waals surface area contributed by atoms with Crippen molar-refractivity contribution in [3.63, 3.8) is 0 Å². The summed E-state index contributed by atoms with van der Waals surface area (Å²) in [5.41, 5.74) is 0.823. The minimum absolute atomic E-state index is 0.0584. The van der Waals surface area contributed by atoms with Crippen molar-refractivity contribution in [2.75, 3.05) is 33.4 Å². The maximum Gasteiger partial charge on any atom is 0.255 e. The quantitative estimate of drug-likeness (QED) is 0.727. The van der Waals surface area contributed by atoms with E-state index in [4.69, 9.17) is 9.47 Å². The summed E-state index contributed by atoms with van der Waals surface area (Å²) in [4.78, 5) is 31.1. The molecule has 1 aliphatic rings. The van der Waals surface area contributed by atoms with Gasteiger partial charge in [-0.05, 0) is 43.2 Å². The zero-order valence-electron chi connectivity index (χ0n) is 16.7. The number of benzene rings is 1. The van der Waals surface area contributed by atoms with Crippen LogP contribution in [0.25, 0.3) is 0 Å². The van der Waals surface area contributed by atoms with Crippen LogP contribution in [0.2, 0.25) is 0 Å². The van der Waals surface area contributed by atoms with E-state index >= 15 is 0 Å². The van der Waals surface area contributed by atoms with Crippen molar-refractivity contribution in [1.29, 1.82) is 0 Å². The Balaban J connectivity index is 1.50. The Kier molecular flexibility index (Phi) is 7.44. The van der Waals surface area contributed by atoms with Gasteiger partial charge in [-0.15, -0.1) is 0 Å². The number of aromatic nitrogens is 1. The van der Waals surface area contributed by atoms with Gasteiger partial charge in [0.1, 0.15) is 18.1 Å². The van der Waals surface area contributed by atoms with Crippen molar-refractivity contribution in [1.82, 2.24) is 15.2 Å². The van der Waals surface area contributed by atoms with E-state index in [2.05, 4.69) is 10.3 Å². The molecule has 1 fully saturated rings. The number of amides is 2. The van der Waals surface area contributed by atoms with Gasteiger partial charge in [-0.2, -0.15) is 0 Å². The summed E-state index contributed by atoms with van der Waals surface area (Å²) in [5.74, 6) is 1.12. The molecule has 1 N–H and O–H groups in total. The monoisotopic (exact) mass is 397 g/mol. The second kappa shape index (κ2) is 10.5. The Morgan fingerprint density at radius 1 is 1.00 bits per heavy atom. The fourth-order valence-electron chi connectivity index (χ4n) is 3.24. The highest BCUT2D eigenvalue weighted by molar-refractivity contribution is 5.99. The Hall–Kier alpha value is -3.09. The van der Waals surface area contributed by atoms with Crippen molar-refractivity contribution < 1.29 is 19.1 Å². The highest BCUT2D eigenvalue weighted by Crippen LogP contribution is 2.17. The summed E-state index contributed by atoms with van der Waals surface area (Å²) in [6.07, 6.45) is 7.35. The lowest BCUT2D eigenvalue weighted by Crippen LogP contribution is -2.32. The number of methoxy groups -OCH3 is 1. The molecule has 1 aliphatic heterocycles. The van der Waals surface area contributed by atoms with E-state index in [0.29, 0.717) is 30.0 Å². The largest absolute Gasteiger partial charge is 0.497 e. The molecule has 7 heteroatoms. The maximum absolute atomic E-state index is 12.7. The molecule has 0 atom stereocenters. The first kappa shape index (κ1) is 20.6. The van der Waals surface area contributed by atoms with E-state index in [9.17, 15) is 9.59 Å². The number of rotatable bonds is 7. The third kappa shape index (κ3) is 5.94. The summed E-state index contributed by atoms with van der Waals surface area (Å²) < 4.78 is 10.7. The number of carbonyl (C=O) groups is 2. The molecule has 2 heterocycles. The van der Waals surface area contributed by atoms with E-state index < -0.39 is 0 Å². The molecule has 3 rings (SSSR count). The standard InChI is InChI=1S/C22H27N3O4/c1-28-19-6-8-20(9-7-19)29-13-10-24-21(26)17-14-18(16-23-15-17)22(27)25-11-4-2-3-5-12-25/h6-9,14-16H,2-5,10-13H2,1H3,(H,24,26). The molecule has 1 aromatic carbocycles. The van der Waals surface area contributed by atoms with Crippen molar-refractivity contribution in [3.05, 3.63) is 53.9 Å². The zero-order valence-corrected chi connectivity index (χ0v) is 16.7. The van der Waals surface area contributed by atoms with Gasteiger partial charge in [0.2, 0.25) is 0 Å². The summed E-state index contributed by atoms with van der Waals surface area (Å²) in [5, 5.41) is 2.79. The van der Waals surface area contributed by atoms with Crippen LogP contribution < -0.4 is 14.8 Å². The SMILES string of the molecule is COc1ccc(OCCNC(=O)c2cncc(C(=O)N3CCCCCC3)c2)cc1. The molecule has 0 unspecified atom stereocenters. The average Bonchev–Trinajstić information content (AvgIpc) is 3.06.